The first kappa shape index (κ1) is 13.7. The molecule has 0 saturated carbocycles. The fourth-order valence-corrected chi connectivity index (χ4v) is 0.732. The van der Waals surface area contributed by atoms with E-state index in [2.05, 4.69) is 0 Å². The summed E-state index contributed by atoms with van der Waals surface area (Å²) in [5.74, 6) is -0.922. The molecule has 0 radical (unpaired) electrons. The monoisotopic (exact) mass is 230 g/mol. The molecular formula is C9H11O5P. The quantitative estimate of drug-likeness (QED) is 0.448. The lowest BCUT2D eigenvalue weighted by atomic mass is 10.2. The Hall–Kier alpha value is -1.26. The van der Waals surface area contributed by atoms with Crippen molar-refractivity contribution in [2.24, 2.45) is 0 Å². The van der Waals surface area contributed by atoms with Crippen LogP contribution in [0.4, 0.5) is 0 Å². The zero-order chi connectivity index (χ0) is 11.7. The van der Waals surface area contributed by atoms with Gasteiger partial charge in [0, 0.05) is 6.08 Å². The topological polar surface area (TPSA) is 98.0 Å². The van der Waals surface area contributed by atoms with Gasteiger partial charge in [0.05, 0.1) is 0 Å². The van der Waals surface area contributed by atoms with Gasteiger partial charge in [-0.25, -0.2) is 4.79 Å². The minimum atomic E-state index is -2.62. The fourth-order valence-electron chi connectivity index (χ4n) is 0.732. The minimum absolute atomic E-state index is 0.898. The third-order valence-corrected chi connectivity index (χ3v) is 1.22. The molecule has 6 heteroatoms. The van der Waals surface area contributed by atoms with E-state index in [0.29, 0.717) is 0 Å². The Morgan fingerprint density at radius 1 is 1.13 bits per heavy atom. The molecule has 82 valence electrons. The summed E-state index contributed by atoms with van der Waals surface area (Å²) in [5, 5.41) is 8.29. The zero-order valence-corrected chi connectivity index (χ0v) is 8.58. The van der Waals surface area contributed by atoms with Crippen molar-refractivity contribution in [2.75, 3.05) is 0 Å². The summed E-state index contributed by atoms with van der Waals surface area (Å²) < 4.78 is 0. The Labute approximate surface area is 87.9 Å². The van der Waals surface area contributed by atoms with E-state index in [4.69, 9.17) is 19.8 Å². The molecule has 1 aromatic carbocycles. The molecule has 1 rings (SSSR count). The number of hydrogen-bond donors (Lipinski definition) is 4. The maximum Gasteiger partial charge on any atom is 0.328 e. The largest absolute Gasteiger partial charge is 0.478 e. The summed E-state index contributed by atoms with van der Waals surface area (Å²) in [7, 11) is -2.62. The van der Waals surface area contributed by atoms with Crippen LogP contribution in [0.5, 0.6) is 0 Å². The Morgan fingerprint density at radius 3 is 2.00 bits per heavy atom. The van der Waals surface area contributed by atoms with E-state index in [1.54, 1.807) is 6.08 Å². The van der Waals surface area contributed by atoms with Crippen molar-refractivity contribution in [2.45, 2.75) is 0 Å². The van der Waals surface area contributed by atoms with E-state index < -0.39 is 14.6 Å². The summed E-state index contributed by atoms with van der Waals surface area (Å²) in [6.07, 6.45) is 2.68. The molecule has 1 aromatic rings. The fraction of sp³-hybridized carbons (Fsp3) is 0. The van der Waals surface area contributed by atoms with Crippen molar-refractivity contribution >= 4 is 20.6 Å². The molecule has 0 aliphatic heterocycles. The molecule has 15 heavy (non-hydrogen) atoms. The van der Waals surface area contributed by atoms with E-state index in [-0.39, 0.29) is 0 Å². The number of rotatable bonds is 2. The molecular weight excluding hydrogens is 219 g/mol. The van der Waals surface area contributed by atoms with Crippen molar-refractivity contribution in [1.29, 1.82) is 0 Å². The normalized spacial score (nSPS) is 9.87. The molecule has 0 aliphatic carbocycles. The van der Waals surface area contributed by atoms with Crippen LogP contribution in [0.15, 0.2) is 36.4 Å². The second kappa shape index (κ2) is 8.08. The summed E-state index contributed by atoms with van der Waals surface area (Å²) in [5.41, 5.74) is 0.898. The molecule has 0 aromatic heterocycles. The van der Waals surface area contributed by atoms with Gasteiger partial charge in [0.2, 0.25) is 0 Å². The van der Waals surface area contributed by atoms with E-state index >= 15 is 0 Å². The van der Waals surface area contributed by atoms with Gasteiger partial charge in [0.15, 0.2) is 0 Å². The predicted molar refractivity (Wildman–Crippen MR) is 56.7 cm³/mol. The summed E-state index contributed by atoms with van der Waals surface area (Å²) in [6.45, 7) is 0. The van der Waals surface area contributed by atoms with E-state index in [1.807, 2.05) is 30.3 Å². The number of hydrogen-bond acceptors (Lipinski definition) is 4. The first-order valence-electron chi connectivity index (χ1n) is 3.85. The Kier molecular flexibility index (Phi) is 7.40. The second-order valence-corrected chi connectivity index (χ2v) is 2.89. The Bertz CT molecular complexity index is 307. The van der Waals surface area contributed by atoms with E-state index in [9.17, 15) is 4.79 Å². The number of carbonyl (C=O) groups is 1. The molecule has 0 heterocycles. The average Bonchev–Trinajstić information content (AvgIpc) is 2.15. The van der Waals surface area contributed by atoms with Gasteiger partial charge in [-0.2, -0.15) is 0 Å². The first-order chi connectivity index (χ1) is 7.02. The lowest BCUT2D eigenvalue weighted by molar-refractivity contribution is -0.131. The molecule has 0 atom stereocenters. The molecule has 0 amide bonds. The molecule has 0 unspecified atom stereocenters. The van der Waals surface area contributed by atoms with Crippen LogP contribution in [-0.4, -0.2) is 25.8 Å². The van der Waals surface area contributed by atoms with Gasteiger partial charge in [0.1, 0.15) is 0 Å². The molecule has 5 nitrogen and oxygen atoms in total. The van der Waals surface area contributed by atoms with Crippen molar-refractivity contribution in [1.82, 2.24) is 0 Å². The SMILES string of the molecule is O=C(O)C=Cc1ccccc1.OP(O)O. The van der Waals surface area contributed by atoms with Crippen LogP contribution in [-0.2, 0) is 4.79 Å². The summed E-state index contributed by atoms with van der Waals surface area (Å²) >= 11 is 0. The highest BCUT2D eigenvalue weighted by atomic mass is 31.2. The van der Waals surface area contributed by atoms with Crippen LogP contribution >= 0.6 is 8.60 Å². The Balaban J connectivity index is 0.000000423. The minimum Gasteiger partial charge on any atom is -0.478 e. The van der Waals surface area contributed by atoms with Gasteiger partial charge in [-0.3, -0.25) is 0 Å². The van der Waals surface area contributed by atoms with Gasteiger partial charge in [0.25, 0.3) is 0 Å². The van der Waals surface area contributed by atoms with Crippen LogP contribution in [0.1, 0.15) is 5.56 Å². The molecule has 0 aliphatic rings. The smallest absolute Gasteiger partial charge is 0.328 e. The van der Waals surface area contributed by atoms with Gasteiger partial charge in [-0.1, -0.05) is 30.3 Å². The molecule has 0 bridgehead atoms. The average molecular weight is 230 g/mol. The van der Waals surface area contributed by atoms with Crippen LogP contribution in [0.3, 0.4) is 0 Å². The van der Waals surface area contributed by atoms with Crippen molar-refractivity contribution < 1.29 is 24.6 Å². The van der Waals surface area contributed by atoms with Gasteiger partial charge < -0.3 is 19.8 Å². The molecule has 4 N–H and O–H groups in total. The highest BCUT2D eigenvalue weighted by Gasteiger charge is 1.85. The first-order valence-corrected chi connectivity index (χ1v) is 5.05. The van der Waals surface area contributed by atoms with Crippen LogP contribution in [0, 0.1) is 0 Å². The predicted octanol–water partition coefficient (Wildman–Crippen LogP) is 0.975. The second-order valence-electron chi connectivity index (χ2n) is 2.35. The number of aliphatic carboxylic acids is 1. The van der Waals surface area contributed by atoms with Crippen LogP contribution in [0.2, 0.25) is 0 Å². The third-order valence-electron chi connectivity index (χ3n) is 1.22. The molecule has 0 spiro atoms. The maximum absolute atomic E-state index is 10.1. The van der Waals surface area contributed by atoms with E-state index in [0.717, 1.165) is 11.6 Å². The summed E-state index contributed by atoms with van der Waals surface area (Å²) in [4.78, 5) is 31.8. The van der Waals surface area contributed by atoms with Crippen molar-refractivity contribution in [3.8, 4) is 0 Å². The van der Waals surface area contributed by atoms with Crippen molar-refractivity contribution in [3.05, 3.63) is 42.0 Å². The van der Waals surface area contributed by atoms with Crippen LogP contribution < -0.4 is 0 Å². The number of carboxylic acids is 1. The number of carboxylic acid groups (broad SMARTS) is 1. The van der Waals surface area contributed by atoms with Gasteiger partial charge >= 0.3 is 14.6 Å². The highest BCUT2D eigenvalue weighted by molar-refractivity contribution is 7.38. The lowest BCUT2D eigenvalue weighted by Crippen LogP contribution is -1.85. The number of benzene rings is 1. The van der Waals surface area contributed by atoms with Gasteiger partial charge in [-0.15, -0.1) is 0 Å². The highest BCUT2D eigenvalue weighted by Crippen LogP contribution is 2.11. The summed E-state index contributed by atoms with van der Waals surface area (Å²) in [6, 6.07) is 9.31. The molecule has 0 saturated heterocycles. The third kappa shape index (κ3) is 10.7. The zero-order valence-electron chi connectivity index (χ0n) is 7.69. The van der Waals surface area contributed by atoms with Crippen LogP contribution in [0.25, 0.3) is 6.08 Å². The van der Waals surface area contributed by atoms with Gasteiger partial charge in [-0.05, 0) is 11.6 Å². The standard InChI is InChI=1S/C9H8O2.H3O3P/c10-9(11)7-6-8-4-2-1-3-5-8;1-4(2)3/h1-7H,(H,10,11);1-3H. The molecule has 0 fully saturated rings. The maximum atomic E-state index is 10.1. The van der Waals surface area contributed by atoms with E-state index in [1.165, 1.54) is 0 Å². The van der Waals surface area contributed by atoms with Crippen molar-refractivity contribution in [3.63, 3.8) is 0 Å². The lowest BCUT2D eigenvalue weighted by Gasteiger charge is -1.87. The Morgan fingerprint density at radius 2 is 1.60 bits per heavy atom.